The van der Waals surface area contributed by atoms with E-state index in [4.69, 9.17) is 13.9 Å². The van der Waals surface area contributed by atoms with E-state index in [1.54, 1.807) is 19.4 Å². The SMILES string of the molecule is CCOc1cc2occ(-c3ccccc3OC)c2cc1/C(C)=C/C(=O)Nc1nc2c(C)cccc2s1. The molecule has 0 radical (unpaired) electrons. The van der Waals surface area contributed by atoms with Gasteiger partial charge in [0.2, 0.25) is 5.91 Å². The maximum Gasteiger partial charge on any atom is 0.250 e. The number of carbonyl (C=O) groups excluding carboxylic acids is 1. The maximum atomic E-state index is 12.9. The van der Waals surface area contributed by atoms with Crippen molar-refractivity contribution in [3.8, 4) is 22.6 Å². The Kier molecular flexibility index (Phi) is 6.48. The summed E-state index contributed by atoms with van der Waals surface area (Å²) in [5.41, 5.74) is 6.11. The van der Waals surface area contributed by atoms with Crippen LogP contribution in [0.1, 0.15) is 25.0 Å². The van der Waals surface area contributed by atoms with Gasteiger partial charge in [0.1, 0.15) is 17.1 Å². The number of allylic oxidation sites excluding steroid dienone is 1. The highest BCUT2D eigenvalue weighted by atomic mass is 32.1. The number of anilines is 1. The zero-order valence-corrected chi connectivity index (χ0v) is 21.4. The van der Waals surface area contributed by atoms with Gasteiger partial charge in [-0.25, -0.2) is 4.98 Å². The van der Waals surface area contributed by atoms with Crippen LogP contribution in [0.3, 0.4) is 0 Å². The first kappa shape index (κ1) is 23.6. The molecule has 0 bridgehead atoms. The molecule has 182 valence electrons. The number of nitrogens with one attached hydrogen (secondary N) is 1. The van der Waals surface area contributed by atoms with Gasteiger partial charge in [0.25, 0.3) is 0 Å². The second kappa shape index (κ2) is 9.87. The molecule has 1 amide bonds. The van der Waals surface area contributed by atoms with Crippen LogP contribution in [0.2, 0.25) is 0 Å². The zero-order valence-electron chi connectivity index (χ0n) is 20.5. The molecule has 0 fully saturated rings. The number of benzene rings is 3. The number of ether oxygens (including phenoxy) is 2. The summed E-state index contributed by atoms with van der Waals surface area (Å²) in [7, 11) is 1.65. The molecular weight excluding hydrogens is 472 g/mol. The minimum atomic E-state index is -0.246. The lowest BCUT2D eigenvalue weighted by Crippen LogP contribution is -2.08. The van der Waals surface area contributed by atoms with Crippen LogP contribution in [0.4, 0.5) is 5.13 Å². The van der Waals surface area contributed by atoms with Crippen LogP contribution in [0, 0.1) is 6.92 Å². The van der Waals surface area contributed by atoms with Gasteiger partial charge in [-0.05, 0) is 50.1 Å². The largest absolute Gasteiger partial charge is 0.496 e. The normalized spacial score (nSPS) is 11.7. The van der Waals surface area contributed by atoms with Gasteiger partial charge in [0, 0.05) is 34.2 Å². The van der Waals surface area contributed by atoms with Crippen molar-refractivity contribution >= 4 is 49.1 Å². The van der Waals surface area contributed by atoms with E-state index < -0.39 is 0 Å². The van der Waals surface area contributed by atoms with E-state index in [-0.39, 0.29) is 5.91 Å². The number of furan rings is 1. The number of methoxy groups -OCH3 is 1. The van der Waals surface area contributed by atoms with Gasteiger partial charge in [-0.1, -0.05) is 41.7 Å². The number of aryl methyl sites for hydroxylation is 1. The van der Waals surface area contributed by atoms with E-state index in [1.165, 1.54) is 11.3 Å². The lowest BCUT2D eigenvalue weighted by Gasteiger charge is -2.12. The summed E-state index contributed by atoms with van der Waals surface area (Å²) in [6, 6.07) is 17.7. The predicted molar refractivity (Wildman–Crippen MR) is 146 cm³/mol. The van der Waals surface area contributed by atoms with E-state index in [2.05, 4.69) is 10.3 Å². The van der Waals surface area contributed by atoms with E-state index in [1.807, 2.05) is 75.4 Å². The Morgan fingerprint density at radius 2 is 1.94 bits per heavy atom. The topological polar surface area (TPSA) is 73.6 Å². The third kappa shape index (κ3) is 4.45. The van der Waals surface area contributed by atoms with E-state index in [9.17, 15) is 4.79 Å². The molecule has 3 aromatic carbocycles. The van der Waals surface area contributed by atoms with Crippen molar-refractivity contribution in [3.05, 3.63) is 78.1 Å². The summed E-state index contributed by atoms with van der Waals surface area (Å²) in [5.74, 6) is 1.17. The van der Waals surface area contributed by atoms with E-state index in [0.29, 0.717) is 23.1 Å². The number of nitrogens with zero attached hydrogens (tertiary/aromatic N) is 1. The Labute approximate surface area is 213 Å². The van der Waals surface area contributed by atoms with Crippen molar-refractivity contribution in [3.63, 3.8) is 0 Å². The average molecular weight is 499 g/mol. The van der Waals surface area contributed by atoms with Crippen molar-refractivity contribution < 1.29 is 18.7 Å². The second-order valence-electron chi connectivity index (χ2n) is 8.38. The van der Waals surface area contributed by atoms with Gasteiger partial charge in [-0.15, -0.1) is 0 Å². The third-order valence-electron chi connectivity index (χ3n) is 6.00. The van der Waals surface area contributed by atoms with Gasteiger partial charge in [0.15, 0.2) is 5.13 Å². The van der Waals surface area contributed by atoms with Crippen LogP contribution in [0.5, 0.6) is 11.5 Å². The molecule has 2 aromatic heterocycles. The Balaban J connectivity index is 1.52. The van der Waals surface area contributed by atoms with Crippen molar-refractivity contribution in [2.45, 2.75) is 20.8 Å². The van der Waals surface area contributed by atoms with Gasteiger partial charge in [-0.2, -0.15) is 0 Å². The predicted octanol–water partition coefficient (Wildman–Crippen LogP) is 7.47. The summed E-state index contributed by atoms with van der Waals surface area (Å²) in [6.07, 6.45) is 3.30. The number of hydrogen-bond acceptors (Lipinski definition) is 6. The molecule has 0 saturated carbocycles. The third-order valence-corrected chi connectivity index (χ3v) is 6.93. The smallest absolute Gasteiger partial charge is 0.250 e. The Morgan fingerprint density at radius 3 is 2.72 bits per heavy atom. The fraction of sp³-hybridized carbons (Fsp3) is 0.172. The highest BCUT2D eigenvalue weighted by Crippen LogP contribution is 2.40. The molecule has 0 aliphatic rings. The monoisotopic (exact) mass is 498 g/mol. The minimum absolute atomic E-state index is 0.246. The van der Waals surface area contributed by atoms with Gasteiger partial charge in [0.05, 0.1) is 30.2 Å². The van der Waals surface area contributed by atoms with Crippen LogP contribution < -0.4 is 14.8 Å². The molecular formula is C29H26N2O4S. The lowest BCUT2D eigenvalue weighted by molar-refractivity contribution is -0.111. The summed E-state index contributed by atoms with van der Waals surface area (Å²) in [5, 5.41) is 4.39. The molecule has 0 aliphatic heterocycles. The number of rotatable bonds is 7. The van der Waals surface area contributed by atoms with Crippen LogP contribution in [-0.4, -0.2) is 24.6 Å². The van der Waals surface area contributed by atoms with Gasteiger partial charge < -0.3 is 13.9 Å². The van der Waals surface area contributed by atoms with Crippen molar-refractivity contribution in [1.82, 2.24) is 4.98 Å². The first-order valence-corrected chi connectivity index (χ1v) is 12.5. The molecule has 6 nitrogen and oxygen atoms in total. The first-order chi connectivity index (χ1) is 17.5. The fourth-order valence-electron chi connectivity index (χ4n) is 4.27. The molecule has 7 heteroatoms. The minimum Gasteiger partial charge on any atom is -0.496 e. The Morgan fingerprint density at radius 1 is 1.11 bits per heavy atom. The van der Waals surface area contributed by atoms with E-state index in [0.717, 1.165) is 49.2 Å². The average Bonchev–Trinajstić information content (AvgIpc) is 3.47. The number of amides is 1. The molecule has 1 N–H and O–H groups in total. The molecule has 0 unspecified atom stereocenters. The second-order valence-corrected chi connectivity index (χ2v) is 9.42. The Hall–Kier alpha value is -4.10. The number of para-hydroxylation sites is 2. The summed E-state index contributed by atoms with van der Waals surface area (Å²) >= 11 is 1.46. The molecule has 2 heterocycles. The van der Waals surface area contributed by atoms with Crippen molar-refractivity contribution in [2.75, 3.05) is 19.0 Å². The van der Waals surface area contributed by atoms with Gasteiger partial charge >= 0.3 is 0 Å². The maximum absolute atomic E-state index is 12.9. The summed E-state index contributed by atoms with van der Waals surface area (Å²) < 4.78 is 18.4. The number of fused-ring (bicyclic) bond motifs is 2. The fourth-order valence-corrected chi connectivity index (χ4v) is 5.22. The molecule has 0 spiro atoms. The number of carbonyl (C=O) groups is 1. The molecule has 5 rings (SSSR count). The number of aromatic nitrogens is 1. The highest BCUT2D eigenvalue weighted by Gasteiger charge is 2.17. The Bertz CT molecular complexity index is 1610. The van der Waals surface area contributed by atoms with Crippen LogP contribution in [-0.2, 0) is 4.79 Å². The zero-order chi connectivity index (χ0) is 25.2. The molecule has 36 heavy (non-hydrogen) atoms. The van der Waals surface area contributed by atoms with Crippen LogP contribution >= 0.6 is 11.3 Å². The molecule has 5 aromatic rings. The highest BCUT2D eigenvalue weighted by molar-refractivity contribution is 7.22. The summed E-state index contributed by atoms with van der Waals surface area (Å²) in [4.78, 5) is 17.5. The van der Waals surface area contributed by atoms with Gasteiger partial charge in [-0.3, -0.25) is 10.1 Å². The molecule has 0 atom stereocenters. The summed E-state index contributed by atoms with van der Waals surface area (Å²) in [6.45, 7) is 6.33. The van der Waals surface area contributed by atoms with Crippen molar-refractivity contribution in [1.29, 1.82) is 0 Å². The lowest BCUT2D eigenvalue weighted by atomic mass is 9.98. The van der Waals surface area contributed by atoms with Crippen LogP contribution in [0.15, 0.2) is 71.4 Å². The first-order valence-electron chi connectivity index (χ1n) is 11.7. The number of hydrogen-bond donors (Lipinski definition) is 1. The standard InChI is InChI=1S/C29H26N2O4S/c1-5-34-24-15-25-21(22(16-35-25)19-10-6-7-11-23(19)33-4)14-20(24)18(3)13-27(32)30-29-31-28-17(2)9-8-12-26(28)36-29/h6-16H,5H2,1-4H3,(H,30,31,32)/b18-13+. The van der Waals surface area contributed by atoms with Crippen molar-refractivity contribution in [2.24, 2.45) is 0 Å². The molecule has 0 saturated heterocycles. The van der Waals surface area contributed by atoms with E-state index >= 15 is 0 Å². The quantitative estimate of drug-likeness (QED) is 0.236. The number of thiazole rings is 1. The van der Waals surface area contributed by atoms with Crippen LogP contribution in [0.25, 0.3) is 37.9 Å². The molecule has 0 aliphatic carbocycles.